The zero-order chi connectivity index (χ0) is 46.1. The van der Waals surface area contributed by atoms with Crippen LogP contribution in [-0.4, -0.2) is 55.1 Å². The molecule has 0 radical (unpaired) electrons. The largest absolute Gasteiger partial charge is 0.264 e. The van der Waals surface area contributed by atoms with Crippen molar-refractivity contribution < 1.29 is 0 Å². The Kier molecular flexibility index (Phi) is 15.6. The first kappa shape index (κ1) is 45.5. The Hall–Kier alpha value is -8.57. The van der Waals surface area contributed by atoms with E-state index in [1.807, 2.05) is 175 Å². The summed E-state index contributed by atoms with van der Waals surface area (Å²) in [7, 11) is 0. The van der Waals surface area contributed by atoms with Gasteiger partial charge < -0.3 is 0 Å². The molecule has 0 aliphatic heterocycles. The molecule has 0 atom stereocenters. The summed E-state index contributed by atoms with van der Waals surface area (Å²) in [5.41, 5.74) is 11.1. The Morgan fingerprint density at radius 1 is 0.333 bits per heavy atom. The van der Waals surface area contributed by atoms with Crippen LogP contribution in [-0.2, 0) is 0 Å². The van der Waals surface area contributed by atoms with Crippen LogP contribution in [0.25, 0.3) is 65.4 Å². The number of benzene rings is 5. The topological polar surface area (TPSA) is 142 Å². The molecular formula is C55H49N11. The predicted octanol–water partition coefficient (Wildman–Crippen LogP) is 12.2. The van der Waals surface area contributed by atoms with E-state index in [1.165, 1.54) is 21.7 Å². The molecule has 0 N–H and O–H groups in total. The van der Waals surface area contributed by atoms with Crippen molar-refractivity contribution >= 4 is 65.4 Å². The van der Waals surface area contributed by atoms with Crippen molar-refractivity contribution in [3.63, 3.8) is 0 Å². The molecule has 7 heterocycles. The fourth-order valence-corrected chi connectivity index (χ4v) is 6.75. The monoisotopic (exact) mass is 863 g/mol. The van der Waals surface area contributed by atoms with Crippen LogP contribution in [0, 0.1) is 41.5 Å². The third-order valence-corrected chi connectivity index (χ3v) is 10.1. The van der Waals surface area contributed by atoms with Crippen LogP contribution in [0.3, 0.4) is 0 Å². The van der Waals surface area contributed by atoms with Crippen LogP contribution < -0.4 is 0 Å². The van der Waals surface area contributed by atoms with E-state index in [0.29, 0.717) is 0 Å². The molecule has 0 saturated heterocycles. The van der Waals surface area contributed by atoms with Gasteiger partial charge in [-0.1, -0.05) is 97.1 Å². The van der Waals surface area contributed by atoms with E-state index in [4.69, 9.17) is 0 Å². The lowest BCUT2D eigenvalue weighted by atomic mass is 10.1. The van der Waals surface area contributed by atoms with E-state index in [-0.39, 0.29) is 0 Å². The maximum Gasteiger partial charge on any atom is 0.125 e. The highest BCUT2D eigenvalue weighted by Gasteiger charge is 1.98. The first-order chi connectivity index (χ1) is 32.2. The maximum atomic E-state index is 4.31. The summed E-state index contributed by atoms with van der Waals surface area (Å²) in [5, 5.41) is 14.9. The van der Waals surface area contributed by atoms with Crippen LogP contribution in [0.2, 0.25) is 0 Å². The zero-order valence-corrected chi connectivity index (χ0v) is 37.8. The standard InChI is InChI=1S/C10H9N.5C9H8N2/c1-8-6-11-7-9-4-2-3-5-10(8)9;1-7-4-5-8-9(11-7)3-2-6-10-8;1-7-8-4-2-3-5-9(8)11-6-10-7;1-7-10-6-8-4-2-3-5-9(8)11-7;1-7-9-5-3-2-4-8(9)6-10-11-7;1-7-6-10-8-4-2-3-5-9(8)11-7/h2-7H,1H3;5*2-6H,1H3. The Morgan fingerprint density at radius 2 is 0.924 bits per heavy atom. The van der Waals surface area contributed by atoms with Gasteiger partial charge in [-0.3, -0.25) is 19.9 Å². The zero-order valence-electron chi connectivity index (χ0n) is 37.8. The molecule has 7 aromatic heterocycles. The highest BCUT2D eigenvalue weighted by Crippen LogP contribution is 2.16. The molecule has 324 valence electrons. The lowest BCUT2D eigenvalue weighted by Gasteiger charge is -1.98. The van der Waals surface area contributed by atoms with Crippen molar-refractivity contribution in [1.82, 2.24) is 55.1 Å². The van der Waals surface area contributed by atoms with Gasteiger partial charge in [0.25, 0.3) is 0 Å². The number of pyridine rings is 3. The summed E-state index contributed by atoms with van der Waals surface area (Å²) >= 11 is 0. The molecule has 11 nitrogen and oxygen atoms in total. The first-order valence-electron chi connectivity index (χ1n) is 21.4. The number of aromatic nitrogens is 11. The fourth-order valence-electron chi connectivity index (χ4n) is 6.75. The molecule has 12 aromatic rings. The van der Waals surface area contributed by atoms with Gasteiger partial charge in [-0.15, -0.1) is 0 Å². The van der Waals surface area contributed by atoms with Crippen LogP contribution >= 0.6 is 0 Å². The quantitative estimate of drug-likeness (QED) is 0.144. The smallest absolute Gasteiger partial charge is 0.125 e. The van der Waals surface area contributed by atoms with Crippen LogP contribution in [0.15, 0.2) is 189 Å². The molecule has 5 aromatic carbocycles. The molecule has 0 saturated carbocycles. The molecule has 11 heteroatoms. The maximum absolute atomic E-state index is 4.31. The van der Waals surface area contributed by atoms with E-state index >= 15 is 0 Å². The second-order valence-electron chi connectivity index (χ2n) is 15.1. The molecule has 0 fully saturated rings. The third-order valence-electron chi connectivity index (χ3n) is 10.1. The van der Waals surface area contributed by atoms with Gasteiger partial charge in [0.05, 0.1) is 50.7 Å². The van der Waals surface area contributed by atoms with Crippen molar-refractivity contribution in [2.75, 3.05) is 0 Å². The second-order valence-corrected chi connectivity index (χ2v) is 15.1. The van der Waals surface area contributed by atoms with Gasteiger partial charge in [-0.2, -0.15) is 10.2 Å². The molecule has 0 aliphatic rings. The molecule has 0 unspecified atom stereocenters. The number of aryl methyl sites for hydroxylation is 6. The lowest BCUT2D eigenvalue weighted by Crippen LogP contribution is -1.86. The summed E-state index contributed by atoms with van der Waals surface area (Å²) in [6, 6.07) is 48.0. The van der Waals surface area contributed by atoms with Gasteiger partial charge in [0.15, 0.2) is 0 Å². The molecular weight excluding hydrogens is 815 g/mol. The Bertz CT molecular complexity index is 3090. The number of rotatable bonds is 0. The van der Waals surface area contributed by atoms with Crippen LogP contribution in [0.4, 0.5) is 0 Å². The minimum absolute atomic E-state index is 0.823. The SMILES string of the molecule is Cc1ccc2ncccc2n1.Cc1cnc2ccccc2n1.Cc1cncc2ccccc12.Cc1ncc2ccccc2n1.Cc1ncnc2ccccc12.Cc1nncc2ccccc12. The molecule has 0 amide bonds. The minimum atomic E-state index is 0.823. The normalized spacial score (nSPS) is 10.3. The van der Waals surface area contributed by atoms with Crippen molar-refractivity contribution in [3.05, 3.63) is 223 Å². The van der Waals surface area contributed by atoms with Crippen molar-refractivity contribution in [3.8, 4) is 0 Å². The number of hydrogen-bond donors (Lipinski definition) is 0. The summed E-state index contributed by atoms with van der Waals surface area (Å²) < 4.78 is 0. The predicted molar refractivity (Wildman–Crippen MR) is 268 cm³/mol. The average Bonchev–Trinajstić information content (AvgIpc) is 3.35. The van der Waals surface area contributed by atoms with Gasteiger partial charge in [-0.05, 0) is 101 Å². The van der Waals surface area contributed by atoms with Crippen molar-refractivity contribution in [2.45, 2.75) is 41.5 Å². The summed E-state index contributed by atoms with van der Waals surface area (Å²) in [6.45, 7) is 11.9. The summed E-state index contributed by atoms with van der Waals surface area (Å²) in [6.07, 6.45) is 12.6. The minimum Gasteiger partial charge on any atom is -0.264 e. The number of nitrogens with zero attached hydrogens (tertiary/aromatic N) is 11. The Labute approximate surface area is 383 Å². The summed E-state index contributed by atoms with van der Waals surface area (Å²) in [4.78, 5) is 37.7. The van der Waals surface area contributed by atoms with Crippen molar-refractivity contribution in [1.29, 1.82) is 0 Å². The van der Waals surface area contributed by atoms with Gasteiger partial charge in [-0.25, -0.2) is 24.9 Å². The first-order valence-corrected chi connectivity index (χ1v) is 21.4. The second kappa shape index (κ2) is 22.7. The lowest BCUT2D eigenvalue weighted by molar-refractivity contribution is 1.00. The Balaban J connectivity index is 0.000000118. The van der Waals surface area contributed by atoms with E-state index < -0.39 is 0 Å². The molecule has 66 heavy (non-hydrogen) atoms. The highest BCUT2D eigenvalue weighted by molar-refractivity contribution is 5.85. The highest BCUT2D eigenvalue weighted by atomic mass is 15.1. The van der Waals surface area contributed by atoms with Gasteiger partial charge >= 0.3 is 0 Å². The molecule has 12 rings (SSSR count). The molecule has 0 aliphatic carbocycles. The van der Waals surface area contributed by atoms with Crippen LogP contribution in [0.1, 0.15) is 34.2 Å². The molecule has 0 bridgehead atoms. The van der Waals surface area contributed by atoms with E-state index in [2.05, 4.69) is 86.2 Å². The Morgan fingerprint density at radius 3 is 1.65 bits per heavy atom. The number of fused-ring (bicyclic) bond motifs is 6. The average molecular weight is 864 g/mol. The van der Waals surface area contributed by atoms with E-state index in [9.17, 15) is 0 Å². The van der Waals surface area contributed by atoms with Crippen molar-refractivity contribution in [2.24, 2.45) is 0 Å². The van der Waals surface area contributed by atoms with Gasteiger partial charge in [0.2, 0.25) is 0 Å². The molecule has 0 spiro atoms. The van der Waals surface area contributed by atoms with E-state index in [0.717, 1.165) is 77.9 Å². The number of para-hydroxylation sites is 4. The van der Waals surface area contributed by atoms with E-state index in [1.54, 1.807) is 24.9 Å². The van der Waals surface area contributed by atoms with Gasteiger partial charge in [0.1, 0.15) is 12.2 Å². The fraction of sp³-hybridized carbons (Fsp3) is 0.109. The third kappa shape index (κ3) is 12.5. The van der Waals surface area contributed by atoms with Crippen LogP contribution in [0.5, 0.6) is 0 Å². The number of hydrogen-bond acceptors (Lipinski definition) is 11. The summed E-state index contributed by atoms with van der Waals surface area (Å²) in [5.74, 6) is 0.823. The van der Waals surface area contributed by atoms with Gasteiger partial charge in [0, 0.05) is 69.3 Å².